The van der Waals surface area contributed by atoms with E-state index in [4.69, 9.17) is 4.42 Å². The first kappa shape index (κ1) is 14.8. The summed E-state index contributed by atoms with van der Waals surface area (Å²) in [4.78, 5) is 26.6. The van der Waals surface area contributed by atoms with Gasteiger partial charge in [-0.3, -0.25) is 14.5 Å². The number of hydrogen-bond donors (Lipinski definition) is 1. The number of benzene rings is 1. The number of halogens is 1. The Morgan fingerprint density at radius 3 is 2.77 bits per heavy atom. The van der Waals surface area contributed by atoms with Crippen molar-refractivity contribution in [1.82, 2.24) is 5.32 Å². The highest BCUT2D eigenvalue weighted by atomic mass is 79.9. The van der Waals surface area contributed by atoms with Crippen LogP contribution in [0, 0.1) is 0 Å². The number of nitrogens with zero attached hydrogens (tertiary/aromatic N) is 1. The second-order valence-corrected chi connectivity index (χ2v) is 5.80. The third-order valence-electron chi connectivity index (χ3n) is 3.63. The summed E-state index contributed by atoms with van der Waals surface area (Å²) in [5, 5.41) is 2.79. The van der Waals surface area contributed by atoms with Gasteiger partial charge in [0.15, 0.2) is 10.4 Å². The highest BCUT2D eigenvalue weighted by Gasteiger charge is 2.39. The fourth-order valence-corrected chi connectivity index (χ4v) is 2.99. The maximum Gasteiger partial charge on any atom is 0.294 e. The molecular formula is C16H15BrN2O3. The summed E-state index contributed by atoms with van der Waals surface area (Å²) in [5.41, 5.74) is 1.74. The second-order valence-electron chi connectivity index (χ2n) is 5.02. The molecule has 0 bridgehead atoms. The fourth-order valence-electron chi connectivity index (χ4n) is 2.69. The minimum atomic E-state index is -0.547. The summed E-state index contributed by atoms with van der Waals surface area (Å²) in [5.74, 6) is -0.262. The maximum absolute atomic E-state index is 12.8. The first-order valence-corrected chi connectivity index (χ1v) is 7.85. The Labute approximate surface area is 136 Å². The molecule has 0 fully saturated rings. The van der Waals surface area contributed by atoms with Gasteiger partial charge in [-0.2, -0.15) is 0 Å². The lowest BCUT2D eigenvalue weighted by molar-refractivity contribution is -0.122. The van der Waals surface area contributed by atoms with Crippen molar-refractivity contribution in [2.24, 2.45) is 0 Å². The van der Waals surface area contributed by atoms with Gasteiger partial charge in [-0.1, -0.05) is 18.2 Å². The Kier molecular flexibility index (Phi) is 4.02. The Hall–Kier alpha value is -2.08. The number of hydrogen-bond acceptors (Lipinski definition) is 3. The molecule has 1 atom stereocenters. The molecule has 0 saturated carbocycles. The minimum Gasteiger partial charge on any atom is -0.444 e. The molecule has 114 valence electrons. The predicted molar refractivity (Wildman–Crippen MR) is 85.8 cm³/mol. The van der Waals surface area contributed by atoms with E-state index in [0.717, 1.165) is 11.3 Å². The lowest BCUT2D eigenvalue weighted by Gasteiger charge is -2.23. The number of nitrogens with one attached hydrogen (secondary N) is 1. The molecule has 0 spiro atoms. The van der Waals surface area contributed by atoms with Crippen LogP contribution >= 0.6 is 15.9 Å². The molecule has 1 N–H and O–H groups in total. The van der Waals surface area contributed by atoms with Crippen molar-refractivity contribution in [1.29, 1.82) is 0 Å². The summed E-state index contributed by atoms with van der Waals surface area (Å²) >= 11 is 3.19. The van der Waals surface area contributed by atoms with Crippen LogP contribution in [0.1, 0.15) is 23.0 Å². The van der Waals surface area contributed by atoms with Gasteiger partial charge in [0.05, 0.1) is 0 Å². The Bertz CT molecular complexity index is 726. The van der Waals surface area contributed by atoms with Crippen LogP contribution in [0.25, 0.3) is 0 Å². The Morgan fingerprint density at radius 2 is 2.09 bits per heavy atom. The zero-order valence-corrected chi connectivity index (χ0v) is 13.6. The van der Waals surface area contributed by atoms with Crippen LogP contribution < -0.4 is 10.2 Å². The molecule has 1 aliphatic rings. The van der Waals surface area contributed by atoms with Gasteiger partial charge in [0.2, 0.25) is 5.91 Å². The second kappa shape index (κ2) is 5.96. The summed E-state index contributed by atoms with van der Waals surface area (Å²) in [7, 11) is 0. The number of carbonyl (C=O) groups excluding carboxylic acids is 2. The third kappa shape index (κ3) is 2.54. The van der Waals surface area contributed by atoms with Crippen molar-refractivity contribution < 1.29 is 14.0 Å². The molecule has 0 radical (unpaired) electrons. The minimum absolute atomic E-state index is 0.155. The smallest absolute Gasteiger partial charge is 0.294 e. The van der Waals surface area contributed by atoms with Gasteiger partial charge in [0.1, 0.15) is 6.04 Å². The van der Waals surface area contributed by atoms with Crippen molar-refractivity contribution in [2.75, 3.05) is 11.4 Å². The average molecular weight is 363 g/mol. The molecule has 2 heterocycles. The molecule has 2 amide bonds. The van der Waals surface area contributed by atoms with Gasteiger partial charge in [0.25, 0.3) is 5.91 Å². The van der Waals surface area contributed by atoms with E-state index in [1.165, 1.54) is 4.90 Å². The molecule has 1 aliphatic heterocycles. The Morgan fingerprint density at radius 1 is 1.32 bits per heavy atom. The molecule has 0 unspecified atom stereocenters. The third-order valence-corrected chi connectivity index (χ3v) is 4.06. The molecule has 5 nitrogen and oxygen atoms in total. The standard InChI is InChI=1S/C16H15BrN2O3/c1-2-18-15(20)12-9-10-5-3-4-6-11(10)19(12)16(21)13-7-8-14(17)22-13/h3-8,12H,2,9H2,1H3,(H,18,20)/t12-/m1/s1. The lowest BCUT2D eigenvalue weighted by Crippen LogP contribution is -2.48. The average Bonchev–Trinajstić information content (AvgIpc) is 3.10. The zero-order valence-electron chi connectivity index (χ0n) is 12.0. The molecule has 1 aromatic carbocycles. The van der Waals surface area contributed by atoms with Crippen molar-refractivity contribution in [2.45, 2.75) is 19.4 Å². The summed E-state index contributed by atoms with van der Waals surface area (Å²) in [6.45, 7) is 2.38. The Balaban J connectivity index is 1.99. The number of rotatable bonds is 3. The number of furan rings is 1. The highest BCUT2D eigenvalue weighted by molar-refractivity contribution is 9.10. The van der Waals surface area contributed by atoms with Gasteiger partial charge in [-0.15, -0.1) is 0 Å². The highest BCUT2D eigenvalue weighted by Crippen LogP contribution is 2.34. The molecule has 0 aliphatic carbocycles. The normalized spacial score (nSPS) is 16.5. The first-order valence-electron chi connectivity index (χ1n) is 7.06. The van der Waals surface area contributed by atoms with E-state index in [2.05, 4.69) is 21.2 Å². The van der Waals surface area contributed by atoms with Crippen LogP contribution in [-0.2, 0) is 11.2 Å². The van der Waals surface area contributed by atoms with E-state index in [-0.39, 0.29) is 17.6 Å². The van der Waals surface area contributed by atoms with E-state index in [9.17, 15) is 9.59 Å². The largest absolute Gasteiger partial charge is 0.444 e. The molecule has 22 heavy (non-hydrogen) atoms. The summed E-state index contributed by atoms with van der Waals surface area (Å²) < 4.78 is 5.84. The maximum atomic E-state index is 12.8. The number of amides is 2. The van der Waals surface area contributed by atoms with E-state index >= 15 is 0 Å². The van der Waals surface area contributed by atoms with Gasteiger partial charge >= 0.3 is 0 Å². The van der Waals surface area contributed by atoms with E-state index < -0.39 is 6.04 Å². The van der Waals surface area contributed by atoms with Gasteiger partial charge in [-0.25, -0.2) is 0 Å². The van der Waals surface area contributed by atoms with Gasteiger partial charge < -0.3 is 9.73 Å². The monoisotopic (exact) mass is 362 g/mol. The van der Waals surface area contributed by atoms with Crippen LogP contribution in [-0.4, -0.2) is 24.4 Å². The van der Waals surface area contributed by atoms with Crippen LogP contribution in [0.2, 0.25) is 0 Å². The molecule has 0 saturated heterocycles. The first-order chi connectivity index (χ1) is 10.6. The van der Waals surface area contributed by atoms with Crippen LogP contribution in [0.15, 0.2) is 45.5 Å². The molecule has 3 rings (SSSR count). The lowest BCUT2D eigenvalue weighted by atomic mass is 10.1. The SMILES string of the molecule is CCNC(=O)[C@H]1Cc2ccccc2N1C(=O)c1ccc(Br)o1. The van der Waals surface area contributed by atoms with Crippen LogP contribution in [0.3, 0.4) is 0 Å². The van der Waals surface area contributed by atoms with Crippen molar-refractivity contribution in [3.63, 3.8) is 0 Å². The van der Waals surface area contributed by atoms with Crippen LogP contribution in [0.4, 0.5) is 5.69 Å². The van der Waals surface area contributed by atoms with E-state index in [1.807, 2.05) is 31.2 Å². The summed E-state index contributed by atoms with van der Waals surface area (Å²) in [6.07, 6.45) is 0.510. The molecule has 2 aromatic rings. The fraction of sp³-hybridized carbons (Fsp3) is 0.250. The van der Waals surface area contributed by atoms with Gasteiger partial charge in [0, 0.05) is 18.7 Å². The number of para-hydroxylation sites is 1. The number of fused-ring (bicyclic) bond motifs is 1. The van der Waals surface area contributed by atoms with Gasteiger partial charge in [-0.05, 0) is 46.6 Å². The molecule has 1 aromatic heterocycles. The van der Waals surface area contributed by atoms with Crippen molar-refractivity contribution >= 4 is 33.4 Å². The molecule has 6 heteroatoms. The van der Waals surface area contributed by atoms with E-state index in [0.29, 0.717) is 17.6 Å². The summed E-state index contributed by atoms with van der Waals surface area (Å²) in [6, 6.07) is 10.3. The number of likely N-dealkylation sites (N-methyl/N-ethyl adjacent to an activating group) is 1. The van der Waals surface area contributed by atoms with E-state index in [1.54, 1.807) is 12.1 Å². The van der Waals surface area contributed by atoms with Crippen molar-refractivity contribution in [3.05, 3.63) is 52.4 Å². The number of anilines is 1. The molecular weight excluding hydrogens is 348 g/mol. The quantitative estimate of drug-likeness (QED) is 0.912. The topological polar surface area (TPSA) is 62.6 Å². The van der Waals surface area contributed by atoms with Crippen molar-refractivity contribution in [3.8, 4) is 0 Å². The predicted octanol–water partition coefficient (Wildman–Crippen LogP) is 2.75. The number of carbonyl (C=O) groups is 2. The zero-order chi connectivity index (χ0) is 15.7. The van der Waals surface area contributed by atoms with Crippen LogP contribution in [0.5, 0.6) is 0 Å².